The maximum Gasteiger partial charge on any atom is 0.331 e. The molecule has 5 unspecified atom stereocenters. The minimum absolute atomic E-state index is 0.0519. The molecule has 1 spiro atoms. The molecule has 7 nitrogen and oxygen atoms in total. The Balaban J connectivity index is 1.39. The van der Waals surface area contributed by atoms with E-state index in [4.69, 9.17) is 18.9 Å². The van der Waals surface area contributed by atoms with E-state index in [1.807, 2.05) is 13.8 Å². The van der Waals surface area contributed by atoms with Crippen molar-refractivity contribution < 1.29 is 28.5 Å². The smallest absolute Gasteiger partial charge is 0.331 e. The summed E-state index contributed by atoms with van der Waals surface area (Å²) in [5.74, 6) is -1.23. The van der Waals surface area contributed by atoms with Crippen LogP contribution in [-0.4, -0.2) is 54.0 Å². The van der Waals surface area contributed by atoms with Crippen molar-refractivity contribution in [3.63, 3.8) is 0 Å². The third-order valence-corrected chi connectivity index (χ3v) is 11.2. The number of halogens is 1. The van der Waals surface area contributed by atoms with Crippen LogP contribution in [0.3, 0.4) is 0 Å². The number of ketones is 1. The Hall–Kier alpha value is -2.00. The summed E-state index contributed by atoms with van der Waals surface area (Å²) in [7, 11) is 1.38. The molecule has 8 heteroatoms. The number of methoxy groups -OCH3 is 1. The highest BCUT2D eigenvalue weighted by Crippen LogP contribution is 2.70. The van der Waals surface area contributed by atoms with Crippen molar-refractivity contribution in [2.75, 3.05) is 13.7 Å². The summed E-state index contributed by atoms with van der Waals surface area (Å²) in [6, 6.07) is 6.42. The molecule has 3 aliphatic carbocycles. The van der Waals surface area contributed by atoms with Crippen LogP contribution in [0.1, 0.15) is 58.2 Å². The molecule has 7 rings (SSSR count). The Labute approximate surface area is 230 Å². The van der Waals surface area contributed by atoms with E-state index < -0.39 is 23.5 Å². The van der Waals surface area contributed by atoms with Gasteiger partial charge in [0.1, 0.15) is 12.2 Å². The lowest BCUT2D eigenvalue weighted by Crippen LogP contribution is -2.64. The molecule has 1 N–H and O–H groups in total. The standard InChI is InChI=1S/C30H34BrNO6/c1-27(2)26-21(33)13-19-24-22(36-14-23(34)35-5)11-15-10-18-17-12-16(31)6-7-20(17)32-25(18)29(15,4)28(24,3)8-9-30(19,37-26)38-27/h6-7,12-13,15,22,24,26,32H,8-11,14H2,1-5H3/t15?,22-,24?,26?,28?,29+,30?/m0/s1. The lowest BCUT2D eigenvalue weighted by Gasteiger charge is -2.63. The number of hydrogen-bond donors (Lipinski definition) is 1. The topological polar surface area (TPSA) is 86.9 Å². The molecule has 2 aromatic rings. The Kier molecular flexibility index (Phi) is 5.13. The van der Waals surface area contributed by atoms with E-state index in [0.29, 0.717) is 12.3 Å². The van der Waals surface area contributed by atoms with Gasteiger partial charge in [0.15, 0.2) is 17.7 Å². The van der Waals surface area contributed by atoms with Gasteiger partial charge in [-0.15, -0.1) is 0 Å². The number of H-pyrrole nitrogens is 1. The lowest BCUT2D eigenvalue weighted by molar-refractivity contribution is -0.223. The van der Waals surface area contributed by atoms with Gasteiger partial charge in [-0.1, -0.05) is 29.8 Å². The quantitative estimate of drug-likeness (QED) is 0.503. The fourth-order valence-corrected chi connectivity index (χ4v) is 9.18. The van der Waals surface area contributed by atoms with E-state index in [1.165, 1.54) is 23.8 Å². The van der Waals surface area contributed by atoms with Crippen molar-refractivity contribution in [3.8, 4) is 0 Å². The number of nitrogens with one attached hydrogen (secondary N) is 1. The van der Waals surface area contributed by atoms with E-state index in [9.17, 15) is 9.59 Å². The van der Waals surface area contributed by atoms with Crippen molar-refractivity contribution in [2.45, 2.75) is 82.4 Å². The van der Waals surface area contributed by atoms with Gasteiger partial charge in [-0.2, -0.15) is 0 Å². The fraction of sp³-hybridized carbons (Fsp3) is 0.600. The zero-order valence-electron chi connectivity index (χ0n) is 22.5. The highest BCUT2D eigenvalue weighted by atomic mass is 79.9. The first-order valence-electron chi connectivity index (χ1n) is 13.6. The van der Waals surface area contributed by atoms with Crippen molar-refractivity contribution in [2.24, 2.45) is 17.3 Å². The van der Waals surface area contributed by atoms with E-state index in [0.717, 1.165) is 34.8 Å². The Morgan fingerprint density at radius 2 is 2.00 bits per heavy atom. The number of hydrogen-bond acceptors (Lipinski definition) is 6. The summed E-state index contributed by atoms with van der Waals surface area (Å²) in [5, 5.41) is 1.25. The van der Waals surface area contributed by atoms with Crippen LogP contribution in [0, 0.1) is 17.3 Å². The first-order valence-corrected chi connectivity index (χ1v) is 14.4. The average Bonchev–Trinajstić information content (AvgIpc) is 3.45. The van der Waals surface area contributed by atoms with Crippen molar-refractivity contribution in [1.29, 1.82) is 0 Å². The van der Waals surface area contributed by atoms with Gasteiger partial charge in [0, 0.05) is 38.8 Å². The molecule has 1 aromatic heterocycles. The average molecular weight is 585 g/mol. The minimum Gasteiger partial charge on any atom is -0.467 e. The van der Waals surface area contributed by atoms with E-state index in [-0.39, 0.29) is 35.2 Å². The van der Waals surface area contributed by atoms with Gasteiger partial charge in [-0.25, -0.2) is 4.79 Å². The van der Waals surface area contributed by atoms with E-state index in [2.05, 4.69) is 53.0 Å². The van der Waals surface area contributed by atoms with E-state index in [1.54, 1.807) is 6.08 Å². The van der Waals surface area contributed by atoms with Crippen LogP contribution in [-0.2, 0) is 40.4 Å². The summed E-state index contributed by atoms with van der Waals surface area (Å²) in [4.78, 5) is 29.4. The molecule has 0 amide bonds. The highest BCUT2D eigenvalue weighted by Gasteiger charge is 2.72. The third kappa shape index (κ3) is 3.01. The van der Waals surface area contributed by atoms with Gasteiger partial charge in [0.05, 0.1) is 13.2 Å². The molecule has 3 fully saturated rings. The number of benzene rings is 1. The normalized spacial score (nSPS) is 40.3. The molecule has 2 saturated carbocycles. The lowest BCUT2D eigenvalue weighted by atomic mass is 9.43. The largest absolute Gasteiger partial charge is 0.467 e. The van der Waals surface area contributed by atoms with Crippen LogP contribution in [0.15, 0.2) is 34.3 Å². The van der Waals surface area contributed by atoms with Crippen molar-refractivity contribution in [3.05, 3.63) is 45.6 Å². The molecule has 2 aliphatic heterocycles. The predicted octanol–water partition coefficient (Wildman–Crippen LogP) is 5.14. The van der Waals surface area contributed by atoms with Gasteiger partial charge in [0.25, 0.3) is 0 Å². The molecular formula is C30H34BrNO6. The second kappa shape index (κ2) is 7.80. The zero-order chi connectivity index (χ0) is 26.8. The first kappa shape index (κ1) is 25.0. The summed E-state index contributed by atoms with van der Waals surface area (Å²) >= 11 is 3.66. The molecular weight excluding hydrogens is 550 g/mol. The number of aromatic nitrogens is 1. The number of carbonyl (C=O) groups is 2. The maximum absolute atomic E-state index is 13.4. The predicted molar refractivity (Wildman–Crippen MR) is 144 cm³/mol. The first-order chi connectivity index (χ1) is 17.9. The van der Waals surface area contributed by atoms with Crippen molar-refractivity contribution in [1.82, 2.24) is 4.98 Å². The van der Waals surface area contributed by atoms with Gasteiger partial charge >= 0.3 is 5.97 Å². The molecule has 38 heavy (non-hydrogen) atoms. The Morgan fingerprint density at radius 1 is 1.21 bits per heavy atom. The fourth-order valence-electron chi connectivity index (χ4n) is 8.81. The van der Waals surface area contributed by atoms with Crippen molar-refractivity contribution >= 4 is 38.6 Å². The monoisotopic (exact) mass is 583 g/mol. The summed E-state index contributed by atoms with van der Waals surface area (Å²) in [6.07, 6.45) is 4.13. The molecule has 3 heterocycles. The molecule has 5 aliphatic rings. The number of rotatable bonds is 3. The number of aromatic amines is 1. The molecule has 7 atom stereocenters. The summed E-state index contributed by atoms with van der Waals surface area (Å²) < 4.78 is 25.5. The summed E-state index contributed by atoms with van der Waals surface area (Å²) in [6.45, 7) is 8.49. The Morgan fingerprint density at radius 3 is 2.76 bits per heavy atom. The molecule has 1 aromatic carbocycles. The van der Waals surface area contributed by atoms with Gasteiger partial charge < -0.3 is 23.9 Å². The van der Waals surface area contributed by atoms with Crippen LogP contribution in [0.4, 0.5) is 0 Å². The zero-order valence-corrected chi connectivity index (χ0v) is 24.1. The second-order valence-corrected chi connectivity index (χ2v) is 13.7. The maximum atomic E-state index is 13.4. The number of fused-ring (bicyclic) bond motifs is 9. The SMILES string of the molecule is COC(=O)CO[C@H]1CC2Cc3c([nH]c4ccc(Br)cc34)[C@]2(C)C2(C)CCC34OC(C(=O)C=C3C12)C(C)(C)O4. The van der Waals surface area contributed by atoms with Gasteiger partial charge in [0.2, 0.25) is 0 Å². The highest BCUT2D eigenvalue weighted by molar-refractivity contribution is 9.10. The van der Waals surface area contributed by atoms with Gasteiger partial charge in [-0.05, 0) is 79.9 Å². The number of carbonyl (C=O) groups excluding carboxylic acids is 2. The molecule has 2 bridgehead atoms. The van der Waals surface area contributed by atoms with Crippen LogP contribution < -0.4 is 0 Å². The molecule has 1 saturated heterocycles. The van der Waals surface area contributed by atoms with Crippen LogP contribution >= 0.6 is 15.9 Å². The van der Waals surface area contributed by atoms with Gasteiger partial charge in [-0.3, -0.25) is 4.79 Å². The van der Waals surface area contributed by atoms with Crippen LogP contribution in [0.25, 0.3) is 10.9 Å². The Bertz CT molecular complexity index is 1430. The van der Waals surface area contributed by atoms with E-state index >= 15 is 0 Å². The van der Waals surface area contributed by atoms with Crippen LogP contribution in [0.2, 0.25) is 0 Å². The molecule has 0 radical (unpaired) electrons. The van der Waals surface area contributed by atoms with Crippen LogP contribution in [0.5, 0.6) is 0 Å². The number of esters is 1. The third-order valence-electron chi connectivity index (χ3n) is 10.7. The molecule has 202 valence electrons. The minimum atomic E-state index is -0.935. The second-order valence-electron chi connectivity index (χ2n) is 12.8. The summed E-state index contributed by atoms with van der Waals surface area (Å²) in [5.41, 5.74) is 3.50. The number of ether oxygens (including phenoxy) is 4.